The van der Waals surface area contributed by atoms with E-state index in [4.69, 9.17) is 14.2 Å². The summed E-state index contributed by atoms with van der Waals surface area (Å²) in [7, 11) is 3.28. The Labute approximate surface area is 177 Å². The average molecular weight is 416 g/mol. The molecule has 0 amide bonds. The number of ether oxygens (including phenoxy) is 3. The van der Waals surface area contributed by atoms with Crippen molar-refractivity contribution in [2.75, 3.05) is 27.4 Å². The van der Waals surface area contributed by atoms with Crippen LogP contribution in [0, 0.1) is 5.82 Å². The summed E-state index contributed by atoms with van der Waals surface area (Å²) < 4.78 is 30.7. The number of piperidine rings is 1. The van der Waals surface area contributed by atoms with Gasteiger partial charge < -0.3 is 19.3 Å². The van der Waals surface area contributed by atoms with E-state index >= 15 is 0 Å². The molecule has 0 spiro atoms. The summed E-state index contributed by atoms with van der Waals surface area (Å²) in [4.78, 5) is 2.45. The van der Waals surface area contributed by atoms with Crippen molar-refractivity contribution in [1.29, 1.82) is 0 Å². The summed E-state index contributed by atoms with van der Waals surface area (Å²) in [6.07, 6.45) is 3.15. The van der Waals surface area contributed by atoms with Crippen LogP contribution in [0.3, 0.4) is 0 Å². The van der Waals surface area contributed by atoms with E-state index in [1.165, 1.54) is 6.07 Å². The molecule has 6 heteroatoms. The van der Waals surface area contributed by atoms with Crippen LogP contribution in [0.2, 0.25) is 0 Å². The molecule has 2 aromatic carbocycles. The van der Waals surface area contributed by atoms with Gasteiger partial charge in [-0.1, -0.05) is 24.3 Å². The number of rotatable bonds is 8. The Morgan fingerprint density at radius 2 is 1.77 bits per heavy atom. The van der Waals surface area contributed by atoms with Crippen LogP contribution in [-0.2, 0) is 16.9 Å². The van der Waals surface area contributed by atoms with Gasteiger partial charge in [0.05, 0.1) is 19.3 Å². The summed E-state index contributed by atoms with van der Waals surface area (Å²) >= 11 is 0. The molecule has 0 radical (unpaired) electrons. The van der Waals surface area contributed by atoms with E-state index < -0.39 is 5.60 Å². The second kappa shape index (κ2) is 8.92. The topological polar surface area (TPSA) is 51.2 Å². The third kappa shape index (κ3) is 4.17. The number of methoxy groups -OCH3 is 2. The van der Waals surface area contributed by atoms with Crippen molar-refractivity contribution in [2.45, 2.75) is 49.9 Å². The van der Waals surface area contributed by atoms with E-state index in [0.717, 1.165) is 24.9 Å². The van der Waals surface area contributed by atoms with Gasteiger partial charge in [0, 0.05) is 31.3 Å². The third-order valence-corrected chi connectivity index (χ3v) is 6.43. The third-order valence-electron chi connectivity index (χ3n) is 6.43. The molecule has 30 heavy (non-hydrogen) atoms. The maximum Gasteiger partial charge on any atom is 0.161 e. The molecule has 162 valence electrons. The number of fused-ring (bicyclic) bond motifs is 2. The minimum absolute atomic E-state index is 0.230. The summed E-state index contributed by atoms with van der Waals surface area (Å²) in [5, 5.41) is 11.3. The zero-order valence-electron chi connectivity index (χ0n) is 17.6. The first kappa shape index (κ1) is 21.1. The molecule has 2 aliphatic heterocycles. The molecule has 4 rings (SSSR count). The van der Waals surface area contributed by atoms with Crippen molar-refractivity contribution >= 4 is 0 Å². The summed E-state index contributed by atoms with van der Waals surface area (Å²) in [6.45, 7) is 1.74. The summed E-state index contributed by atoms with van der Waals surface area (Å²) in [6, 6.07) is 13.1. The summed E-state index contributed by atoms with van der Waals surface area (Å²) in [5.41, 5.74) is 0.471. The Balaban J connectivity index is 1.49. The van der Waals surface area contributed by atoms with Gasteiger partial charge in [-0.05, 0) is 49.4 Å². The maximum absolute atomic E-state index is 14.4. The average Bonchev–Trinajstić information content (AvgIpc) is 2.98. The highest BCUT2D eigenvalue weighted by Crippen LogP contribution is 2.47. The highest BCUT2D eigenvalue weighted by molar-refractivity contribution is 5.43. The Morgan fingerprint density at radius 1 is 1.03 bits per heavy atom. The van der Waals surface area contributed by atoms with Gasteiger partial charge >= 0.3 is 0 Å². The fourth-order valence-electron chi connectivity index (χ4n) is 5.01. The number of nitrogens with zero attached hydrogens (tertiary/aromatic N) is 1. The second-order valence-electron chi connectivity index (χ2n) is 8.30. The Hall–Kier alpha value is -2.15. The van der Waals surface area contributed by atoms with Crippen molar-refractivity contribution < 1.29 is 23.7 Å². The molecule has 0 aromatic heterocycles. The molecule has 2 heterocycles. The van der Waals surface area contributed by atoms with E-state index in [2.05, 4.69) is 11.0 Å². The van der Waals surface area contributed by atoms with E-state index in [0.29, 0.717) is 43.1 Å². The lowest BCUT2D eigenvalue weighted by atomic mass is 9.80. The zero-order chi connectivity index (χ0) is 21.1. The molecule has 2 aromatic rings. The molecule has 2 saturated heterocycles. The van der Waals surface area contributed by atoms with Crippen molar-refractivity contribution in [3.05, 3.63) is 59.4 Å². The monoisotopic (exact) mass is 415 g/mol. The largest absolute Gasteiger partial charge is 0.493 e. The van der Waals surface area contributed by atoms with Gasteiger partial charge in [-0.15, -0.1) is 0 Å². The van der Waals surface area contributed by atoms with E-state index in [9.17, 15) is 9.50 Å². The normalized spacial score (nSPS) is 26.0. The number of benzene rings is 2. The van der Waals surface area contributed by atoms with Gasteiger partial charge in [-0.25, -0.2) is 4.39 Å². The quantitative estimate of drug-likeness (QED) is 0.664. The minimum atomic E-state index is -1.10. The van der Waals surface area contributed by atoms with Gasteiger partial charge in [0.25, 0.3) is 0 Å². The second-order valence-corrected chi connectivity index (χ2v) is 8.30. The number of halogens is 1. The van der Waals surface area contributed by atoms with E-state index in [1.807, 2.05) is 12.1 Å². The smallest absolute Gasteiger partial charge is 0.161 e. The van der Waals surface area contributed by atoms with Crippen LogP contribution in [0.1, 0.15) is 36.8 Å². The van der Waals surface area contributed by atoms with Crippen LogP contribution < -0.4 is 9.47 Å². The molecular weight excluding hydrogens is 385 g/mol. The molecular formula is C24H30FNO4. The van der Waals surface area contributed by atoms with Crippen molar-refractivity contribution in [2.24, 2.45) is 0 Å². The Bertz CT molecular complexity index is 860. The Morgan fingerprint density at radius 3 is 2.43 bits per heavy atom. The molecule has 2 aliphatic rings. The summed E-state index contributed by atoms with van der Waals surface area (Å²) in [5.74, 6) is 1.09. The zero-order valence-corrected chi connectivity index (χ0v) is 17.6. The van der Waals surface area contributed by atoms with E-state index in [1.54, 1.807) is 32.4 Å². The molecule has 2 atom stereocenters. The van der Waals surface area contributed by atoms with Crippen LogP contribution in [0.5, 0.6) is 11.5 Å². The molecule has 2 fully saturated rings. The van der Waals surface area contributed by atoms with Gasteiger partial charge in [0.15, 0.2) is 11.5 Å². The predicted molar refractivity (Wildman–Crippen MR) is 112 cm³/mol. The first-order valence-corrected chi connectivity index (χ1v) is 10.6. The SMILES string of the molecule is COCCOc1cc(CN2C3CCC2CC(O)(c2ccccc2F)C3)ccc1OC. The maximum atomic E-state index is 14.4. The van der Waals surface area contributed by atoms with Crippen LogP contribution in [0.4, 0.5) is 4.39 Å². The van der Waals surface area contributed by atoms with Crippen molar-refractivity contribution in [3.8, 4) is 11.5 Å². The highest BCUT2D eigenvalue weighted by Gasteiger charge is 2.48. The standard InChI is InChI=1S/C24H30FNO4/c1-28-11-12-30-23-13-17(7-10-22(23)29-2)16-26-18-8-9-19(26)15-24(27,14-18)20-5-3-4-6-21(20)25/h3-7,10,13,18-19,27H,8-9,11-12,14-16H2,1-2H3. The first-order chi connectivity index (χ1) is 14.5. The molecule has 2 bridgehead atoms. The van der Waals surface area contributed by atoms with Gasteiger partial charge in [-0.2, -0.15) is 0 Å². The van der Waals surface area contributed by atoms with E-state index in [-0.39, 0.29) is 17.9 Å². The number of aliphatic hydroxyl groups is 1. The molecule has 1 N–H and O–H groups in total. The molecule has 2 unspecified atom stereocenters. The fourth-order valence-corrected chi connectivity index (χ4v) is 5.01. The van der Waals surface area contributed by atoms with Gasteiger partial charge in [-0.3, -0.25) is 4.90 Å². The predicted octanol–water partition coefficient (Wildman–Crippen LogP) is 3.87. The molecule has 0 aliphatic carbocycles. The number of hydrogen-bond donors (Lipinski definition) is 1. The minimum Gasteiger partial charge on any atom is -0.493 e. The molecule has 0 saturated carbocycles. The van der Waals surface area contributed by atoms with Gasteiger partial charge in [0.2, 0.25) is 0 Å². The lowest BCUT2D eigenvalue weighted by Crippen LogP contribution is -2.49. The fraction of sp³-hybridized carbons (Fsp3) is 0.500. The van der Waals surface area contributed by atoms with Crippen molar-refractivity contribution in [1.82, 2.24) is 4.90 Å². The van der Waals surface area contributed by atoms with Crippen LogP contribution in [0.25, 0.3) is 0 Å². The van der Waals surface area contributed by atoms with Crippen molar-refractivity contribution in [3.63, 3.8) is 0 Å². The lowest BCUT2D eigenvalue weighted by molar-refractivity contribution is -0.0615. The van der Waals surface area contributed by atoms with Crippen LogP contribution in [0.15, 0.2) is 42.5 Å². The lowest BCUT2D eigenvalue weighted by Gasteiger charge is -2.44. The van der Waals surface area contributed by atoms with Crippen LogP contribution in [-0.4, -0.2) is 49.5 Å². The highest BCUT2D eigenvalue weighted by atomic mass is 19.1. The first-order valence-electron chi connectivity index (χ1n) is 10.6. The van der Waals surface area contributed by atoms with Gasteiger partial charge in [0.1, 0.15) is 12.4 Å². The Kier molecular flexibility index (Phi) is 6.27. The number of hydrogen-bond acceptors (Lipinski definition) is 5. The van der Waals surface area contributed by atoms with Crippen LogP contribution >= 0.6 is 0 Å². The molecule has 5 nitrogen and oxygen atoms in total.